The summed E-state index contributed by atoms with van der Waals surface area (Å²) >= 11 is 0. The van der Waals surface area contributed by atoms with Crippen LogP contribution in [0.4, 0.5) is 0 Å². The minimum Gasteiger partial charge on any atom is -0.496 e. The molecule has 0 radical (unpaired) electrons. The summed E-state index contributed by atoms with van der Waals surface area (Å²) in [6.45, 7) is 0.429. The molecule has 0 unspecified atom stereocenters. The van der Waals surface area contributed by atoms with Gasteiger partial charge in [-0.25, -0.2) is 14.3 Å². The predicted octanol–water partition coefficient (Wildman–Crippen LogP) is 2.81. The van der Waals surface area contributed by atoms with Crippen LogP contribution in [0.5, 0.6) is 23.0 Å². The van der Waals surface area contributed by atoms with E-state index in [-0.39, 0.29) is 36.0 Å². The fourth-order valence-electron chi connectivity index (χ4n) is 3.51. The lowest BCUT2D eigenvalue weighted by atomic mass is 10.1. The first-order valence-corrected chi connectivity index (χ1v) is 9.56. The molecule has 1 aliphatic heterocycles. The van der Waals surface area contributed by atoms with Crippen molar-refractivity contribution in [2.24, 2.45) is 0 Å². The third kappa shape index (κ3) is 3.45. The fourth-order valence-corrected chi connectivity index (χ4v) is 3.51. The largest absolute Gasteiger partial charge is 0.496 e. The number of hydrogen-bond acceptors (Lipinski definition) is 8. The number of fused-ring (bicyclic) bond motifs is 1. The Bertz CT molecular complexity index is 1180. The van der Waals surface area contributed by atoms with Crippen LogP contribution in [0.25, 0.3) is 16.9 Å². The number of carboxylic acids is 1. The van der Waals surface area contributed by atoms with Gasteiger partial charge in [-0.1, -0.05) is 6.07 Å². The average Bonchev–Trinajstić information content (AvgIpc) is 3.26. The molecule has 3 aromatic rings. The van der Waals surface area contributed by atoms with E-state index in [0.29, 0.717) is 28.4 Å². The summed E-state index contributed by atoms with van der Waals surface area (Å²) in [7, 11) is 4.28. The molecule has 2 heterocycles. The highest BCUT2D eigenvalue weighted by Crippen LogP contribution is 2.44. The van der Waals surface area contributed by atoms with Gasteiger partial charge in [0.05, 0.1) is 32.6 Å². The molecule has 10 nitrogen and oxygen atoms in total. The summed E-state index contributed by atoms with van der Waals surface area (Å²) in [6.07, 6.45) is 0. The molecule has 0 fully saturated rings. The Morgan fingerprint density at radius 1 is 1.00 bits per heavy atom. The third-order valence-electron chi connectivity index (χ3n) is 4.91. The normalized spacial score (nSPS) is 12.2. The van der Waals surface area contributed by atoms with Gasteiger partial charge in [0.2, 0.25) is 0 Å². The number of ether oxygens (including phenoxy) is 5. The maximum absolute atomic E-state index is 12.3. The van der Waals surface area contributed by atoms with Gasteiger partial charge >= 0.3 is 11.9 Å². The fraction of sp³-hybridized carbons (Fsp3) is 0.227. The lowest BCUT2D eigenvalue weighted by Gasteiger charge is -2.23. The molecule has 1 aromatic heterocycles. The van der Waals surface area contributed by atoms with Gasteiger partial charge in [0, 0.05) is 0 Å². The molecule has 1 N–H and O–H groups in total. The maximum Gasteiger partial charge on any atom is 0.358 e. The van der Waals surface area contributed by atoms with Crippen molar-refractivity contribution in [2.45, 2.75) is 0 Å². The molecule has 0 atom stereocenters. The molecule has 1 aliphatic rings. The van der Waals surface area contributed by atoms with Crippen LogP contribution in [0.3, 0.4) is 0 Å². The quantitative estimate of drug-likeness (QED) is 0.577. The summed E-state index contributed by atoms with van der Waals surface area (Å²) in [5, 5.41) is 13.9. The van der Waals surface area contributed by atoms with Gasteiger partial charge in [0.25, 0.3) is 0 Å². The second-order valence-corrected chi connectivity index (χ2v) is 6.65. The van der Waals surface area contributed by atoms with E-state index >= 15 is 0 Å². The Labute approximate surface area is 182 Å². The summed E-state index contributed by atoms with van der Waals surface area (Å²) in [6, 6.07) is 9.73. The average molecular weight is 440 g/mol. The van der Waals surface area contributed by atoms with Crippen molar-refractivity contribution in [1.29, 1.82) is 0 Å². The summed E-state index contributed by atoms with van der Waals surface area (Å²) in [5.74, 6) is -0.544. The predicted molar refractivity (Wildman–Crippen MR) is 111 cm³/mol. The topological polar surface area (TPSA) is 118 Å². The third-order valence-corrected chi connectivity index (χ3v) is 4.91. The van der Waals surface area contributed by atoms with Crippen molar-refractivity contribution in [1.82, 2.24) is 9.78 Å². The van der Waals surface area contributed by atoms with E-state index in [1.807, 2.05) is 0 Å². The number of benzene rings is 2. The SMILES string of the molecule is COC(=O)c1cc(-c2c(OC)cccc2OC)n(-c2ccc(C(=O)O)c3c2OCCO3)n1. The smallest absolute Gasteiger partial charge is 0.358 e. The van der Waals surface area contributed by atoms with Crippen LogP contribution in [-0.2, 0) is 4.74 Å². The lowest BCUT2D eigenvalue weighted by Crippen LogP contribution is -2.20. The molecule has 0 saturated heterocycles. The van der Waals surface area contributed by atoms with Gasteiger partial charge in [0.1, 0.15) is 36.0 Å². The van der Waals surface area contributed by atoms with Crippen LogP contribution in [0.1, 0.15) is 20.8 Å². The van der Waals surface area contributed by atoms with E-state index in [1.165, 1.54) is 44.2 Å². The van der Waals surface area contributed by atoms with E-state index in [9.17, 15) is 14.7 Å². The zero-order chi connectivity index (χ0) is 22.8. The molecule has 0 aliphatic carbocycles. The highest BCUT2D eigenvalue weighted by molar-refractivity contribution is 5.94. The molecule has 2 aromatic carbocycles. The van der Waals surface area contributed by atoms with Crippen LogP contribution in [0.2, 0.25) is 0 Å². The Kier molecular flexibility index (Phi) is 5.59. The number of aromatic carboxylic acids is 1. The Balaban J connectivity index is 2.03. The molecular weight excluding hydrogens is 420 g/mol. The van der Waals surface area contributed by atoms with Crippen molar-refractivity contribution < 1.29 is 38.4 Å². The van der Waals surface area contributed by atoms with Crippen molar-refractivity contribution in [3.05, 3.63) is 47.7 Å². The van der Waals surface area contributed by atoms with E-state index < -0.39 is 11.9 Å². The second-order valence-electron chi connectivity index (χ2n) is 6.65. The number of esters is 1. The highest BCUT2D eigenvalue weighted by Gasteiger charge is 2.29. The maximum atomic E-state index is 12.3. The first-order valence-electron chi connectivity index (χ1n) is 9.56. The summed E-state index contributed by atoms with van der Waals surface area (Å²) < 4.78 is 28.7. The molecule has 4 rings (SSSR count). The first kappa shape index (κ1) is 21.0. The molecular formula is C22H20N2O8. The van der Waals surface area contributed by atoms with Crippen molar-refractivity contribution in [2.75, 3.05) is 34.5 Å². The zero-order valence-corrected chi connectivity index (χ0v) is 17.6. The Hall–Kier alpha value is -4.21. The summed E-state index contributed by atoms with van der Waals surface area (Å²) in [5.41, 5.74) is 1.35. The van der Waals surface area contributed by atoms with Crippen molar-refractivity contribution >= 4 is 11.9 Å². The number of rotatable bonds is 6. The van der Waals surface area contributed by atoms with Crippen LogP contribution >= 0.6 is 0 Å². The van der Waals surface area contributed by atoms with Gasteiger partial charge in [-0.15, -0.1) is 0 Å². The monoisotopic (exact) mass is 440 g/mol. The standard InChI is InChI=1S/C22H20N2O8/c1-28-16-5-4-6-17(29-2)18(16)15-11-13(22(27)30-3)23-24(15)14-8-7-12(21(25)26)19-20(14)32-10-9-31-19/h4-8,11H,9-10H2,1-3H3,(H,25,26). The minimum atomic E-state index is -1.15. The van der Waals surface area contributed by atoms with Gasteiger partial charge in [-0.2, -0.15) is 5.10 Å². The molecule has 0 bridgehead atoms. The van der Waals surface area contributed by atoms with E-state index in [1.54, 1.807) is 18.2 Å². The zero-order valence-electron chi connectivity index (χ0n) is 17.6. The lowest BCUT2D eigenvalue weighted by molar-refractivity contribution is 0.0592. The van der Waals surface area contributed by atoms with Crippen LogP contribution in [0, 0.1) is 0 Å². The van der Waals surface area contributed by atoms with E-state index in [0.717, 1.165) is 0 Å². The van der Waals surface area contributed by atoms with Crippen molar-refractivity contribution in [3.63, 3.8) is 0 Å². The van der Waals surface area contributed by atoms with E-state index in [4.69, 9.17) is 23.7 Å². The first-order chi connectivity index (χ1) is 15.5. The van der Waals surface area contributed by atoms with Gasteiger partial charge in [0.15, 0.2) is 17.2 Å². The van der Waals surface area contributed by atoms with Gasteiger partial charge < -0.3 is 28.8 Å². The molecule has 166 valence electrons. The van der Waals surface area contributed by atoms with Gasteiger partial charge in [-0.05, 0) is 30.3 Å². The number of hydrogen-bond donors (Lipinski definition) is 1. The molecule has 0 spiro atoms. The highest BCUT2D eigenvalue weighted by atomic mass is 16.6. The van der Waals surface area contributed by atoms with Gasteiger partial charge in [-0.3, -0.25) is 0 Å². The van der Waals surface area contributed by atoms with Crippen LogP contribution < -0.4 is 18.9 Å². The number of carbonyl (C=O) groups is 2. The molecule has 0 saturated carbocycles. The van der Waals surface area contributed by atoms with Crippen molar-refractivity contribution in [3.8, 4) is 39.9 Å². The minimum absolute atomic E-state index is 0.0308. The Morgan fingerprint density at radius 2 is 1.66 bits per heavy atom. The second kappa shape index (κ2) is 8.50. The Morgan fingerprint density at radius 3 is 2.25 bits per heavy atom. The van der Waals surface area contributed by atoms with Crippen LogP contribution in [0.15, 0.2) is 36.4 Å². The molecule has 32 heavy (non-hydrogen) atoms. The number of carbonyl (C=O) groups excluding carboxylic acids is 1. The summed E-state index contributed by atoms with van der Waals surface area (Å²) in [4.78, 5) is 23.9. The molecule has 10 heteroatoms. The number of nitrogens with zero attached hydrogens (tertiary/aromatic N) is 2. The number of aromatic nitrogens is 2. The van der Waals surface area contributed by atoms with E-state index in [2.05, 4.69) is 5.10 Å². The van der Waals surface area contributed by atoms with Crippen LogP contribution in [-0.4, -0.2) is 61.4 Å². The number of carboxylic acid groups (broad SMARTS) is 1. The number of methoxy groups -OCH3 is 3. The molecule has 0 amide bonds.